The van der Waals surface area contributed by atoms with Crippen molar-refractivity contribution in [2.24, 2.45) is 11.8 Å². The molecule has 0 spiro atoms. The van der Waals surface area contributed by atoms with E-state index in [1.807, 2.05) is 13.8 Å². The zero-order chi connectivity index (χ0) is 14.4. The molecule has 1 rings (SSSR count). The van der Waals surface area contributed by atoms with E-state index < -0.39 is 11.2 Å². The second kappa shape index (κ2) is 7.78. The summed E-state index contributed by atoms with van der Waals surface area (Å²) in [5, 5.41) is 11.6. The van der Waals surface area contributed by atoms with Crippen LogP contribution in [0.3, 0.4) is 0 Å². The van der Waals surface area contributed by atoms with Crippen LogP contribution < -0.4 is 5.32 Å². The van der Waals surface area contributed by atoms with Gasteiger partial charge in [-0.15, -0.1) is 11.8 Å². The summed E-state index contributed by atoms with van der Waals surface area (Å²) >= 11 is 1.22. The minimum Gasteiger partial charge on any atom is -0.480 e. The van der Waals surface area contributed by atoms with Gasteiger partial charge in [0.05, 0.1) is 5.75 Å². The maximum Gasteiger partial charge on any atom is 0.316 e. The molecular weight excluding hydrogens is 262 g/mol. The van der Waals surface area contributed by atoms with Gasteiger partial charge in [0.2, 0.25) is 5.91 Å². The third-order valence-corrected chi connectivity index (χ3v) is 5.16. The highest BCUT2D eigenvalue weighted by molar-refractivity contribution is 8.01. The molecule has 0 aromatic heterocycles. The van der Waals surface area contributed by atoms with Crippen molar-refractivity contribution < 1.29 is 14.7 Å². The number of nitrogens with one attached hydrogen (secondary N) is 1. The zero-order valence-electron chi connectivity index (χ0n) is 12.0. The Bertz CT molecular complexity index is 312. The summed E-state index contributed by atoms with van der Waals surface area (Å²) in [6.07, 6.45) is 4.43. The number of hydrogen-bond donors (Lipinski definition) is 2. The van der Waals surface area contributed by atoms with Crippen molar-refractivity contribution >= 4 is 23.6 Å². The molecule has 0 radical (unpaired) electrons. The lowest BCUT2D eigenvalue weighted by Crippen LogP contribution is -2.39. The Morgan fingerprint density at radius 3 is 2.32 bits per heavy atom. The highest BCUT2D eigenvalue weighted by Crippen LogP contribution is 2.24. The fourth-order valence-corrected chi connectivity index (χ4v) is 3.33. The van der Waals surface area contributed by atoms with Gasteiger partial charge in [-0.1, -0.05) is 20.8 Å². The summed E-state index contributed by atoms with van der Waals surface area (Å²) in [6.45, 7) is 5.98. The normalized spacial score (nSPS) is 25.1. The third-order valence-electron chi connectivity index (χ3n) is 3.62. The molecule has 5 heteroatoms. The van der Waals surface area contributed by atoms with Crippen molar-refractivity contribution in [2.45, 2.75) is 57.7 Å². The van der Waals surface area contributed by atoms with Crippen LogP contribution in [-0.2, 0) is 9.59 Å². The molecular formula is C14H25NO3S. The number of carboxylic acid groups (broad SMARTS) is 1. The van der Waals surface area contributed by atoms with Gasteiger partial charge in [-0.2, -0.15) is 0 Å². The Kier molecular flexibility index (Phi) is 6.69. The number of thioether (sulfide) groups is 1. The topological polar surface area (TPSA) is 66.4 Å². The third kappa shape index (κ3) is 5.85. The van der Waals surface area contributed by atoms with Crippen molar-refractivity contribution in [3.05, 3.63) is 0 Å². The number of carbonyl (C=O) groups is 2. The van der Waals surface area contributed by atoms with Gasteiger partial charge in [-0.3, -0.25) is 9.59 Å². The molecule has 2 N–H and O–H groups in total. The van der Waals surface area contributed by atoms with Gasteiger partial charge in [0.1, 0.15) is 5.25 Å². The van der Waals surface area contributed by atoms with E-state index in [-0.39, 0.29) is 23.6 Å². The average molecular weight is 287 g/mol. The summed E-state index contributed by atoms with van der Waals surface area (Å²) in [4.78, 5) is 22.8. The van der Waals surface area contributed by atoms with Crippen LogP contribution in [0.25, 0.3) is 0 Å². The molecule has 0 aromatic rings. The van der Waals surface area contributed by atoms with Crippen molar-refractivity contribution in [1.29, 1.82) is 0 Å². The lowest BCUT2D eigenvalue weighted by atomic mass is 9.87. The number of rotatable bonds is 6. The van der Waals surface area contributed by atoms with Gasteiger partial charge < -0.3 is 10.4 Å². The minimum absolute atomic E-state index is 0.0311. The van der Waals surface area contributed by atoms with E-state index in [9.17, 15) is 9.59 Å². The van der Waals surface area contributed by atoms with Crippen LogP contribution in [0.15, 0.2) is 0 Å². The largest absolute Gasteiger partial charge is 0.480 e. The maximum absolute atomic E-state index is 11.8. The summed E-state index contributed by atoms with van der Waals surface area (Å²) in [5.74, 6) is 0.169. The number of carbonyl (C=O) groups excluding carboxylic acids is 1. The van der Waals surface area contributed by atoms with Gasteiger partial charge in [0.25, 0.3) is 0 Å². The zero-order valence-corrected chi connectivity index (χ0v) is 12.8. The van der Waals surface area contributed by atoms with Crippen molar-refractivity contribution in [1.82, 2.24) is 5.32 Å². The van der Waals surface area contributed by atoms with Crippen LogP contribution in [0.4, 0.5) is 0 Å². The van der Waals surface area contributed by atoms with E-state index in [0.29, 0.717) is 0 Å². The first kappa shape index (κ1) is 16.3. The molecule has 1 atom stereocenters. The molecule has 4 nitrogen and oxygen atoms in total. The lowest BCUT2D eigenvalue weighted by molar-refractivity contribution is -0.137. The number of amides is 1. The van der Waals surface area contributed by atoms with Gasteiger partial charge >= 0.3 is 5.97 Å². The molecule has 0 aromatic carbocycles. The molecule has 0 aliphatic heterocycles. The summed E-state index contributed by atoms with van der Waals surface area (Å²) in [5.41, 5.74) is 0. The summed E-state index contributed by atoms with van der Waals surface area (Å²) in [6, 6.07) is 0.284. The number of aliphatic carboxylic acids is 1. The number of hydrogen-bond acceptors (Lipinski definition) is 3. The van der Waals surface area contributed by atoms with E-state index in [1.54, 1.807) is 0 Å². The van der Waals surface area contributed by atoms with Gasteiger partial charge in [-0.25, -0.2) is 0 Å². The highest BCUT2D eigenvalue weighted by Gasteiger charge is 2.24. The standard InChI is InChI=1S/C14H25NO3S/c1-9(2)13(14(17)18)19-8-12(16)15-11-6-4-10(3)5-7-11/h9-11,13H,4-8H2,1-3H3,(H,15,16)(H,17,18). The molecule has 110 valence electrons. The first-order valence-electron chi connectivity index (χ1n) is 7.04. The summed E-state index contributed by atoms with van der Waals surface area (Å²) in [7, 11) is 0. The number of carboxylic acids is 1. The van der Waals surface area contributed by atoms with E-state index in [1.165, 1.54) is 24.6 Å². The molecule has 0 heterocycles. The van der Waals surface area contributed by atoms with Gasteiger partial charge in [-0.05, 0) is 37.5 Å². The van der Waals surface area contributed by atoms with Gasteiger partial charge in [0.15, 0.2) is 0 Å². The maximum atomic E-state index is 11.8. The van der Waals surface area contributed by atoms with Crippen molar-refractivity contribution in [2.75, 3.05) is 5.75 Å². The molecule has 1 aliphatic carbocycles. The Morgan fingerprint density at radius 2 is 1.84 bits per heavy atom. The molecule has 1 unspecified atom stereocenters. The monoisotopic (exact) mass is 287 g/mol. The SMILES string of the molecule is CC1CCC(NC(=O)CSC(C(=O)O)C(C)C)CC1. The fourth-order valence-electron chi connectivity index (χ4n) is 2.39. The van der Waals surface area contributed by atoms with Crippen molar-refractivity contribution in [3.63, 3.8) is 0 Å². The van der Waals surface area contributed by atoms with E-state index >= 15 is 0 Å². The van der Waals surface area contributed by atoms with Crippen LogP contribution in [0.2, 0.25) is 0 Å². The Hall–Kier alpha value is -0.710. The van der Waals surface area contributed by atoms with E-state index in [2.05, 4.69) is 12.2 Å². The van der Waals surface area contributed by atoms with Crippen LogP contribution in [0.5, 0.6) is 0 Å². The smallest absolute Gasteiger partial charge is 0.316 e. The molecule has 19 heavy (non-hydrogen) atoms. The van der Waals surface area contributed by atoms with Crippen LogP contribution in [0.1, 0.15) is 46.5 Å². The molecule has 1 fully saturated rings. The Balaban J connectivity index is 2.29. The summed E-state index contributed by atoms with van der Waals surface area (Å²) < 4.78 is 0. The minimum atomic E-state index is -0.834. The van der Waals surface area contributed by atoms with Crippen LogP contribution in [0, 0.1) is 11.8 Å². The van der Waals surface area contributed by atoms with Crippen LogP contribution >= 0.6 is 11.8 Å². The quantitative estimate of drug-likeness (QED) is 0.788. The predicted octanol–water partition coefficient (Wildman–Crippen LogP) is 2.52. The molecule has 1 saturated carbocycles. The average Bonchev–Trinajstić information content (AvgIpc) is 2.31. The Morgan fingerprint density at radius 1 is 1.26 bits per heavy atom. The molecule has 1 amide bonds. The van der Waals surface area contributed by atoms with Gasteiger partial charge in [0, 0.05) is 6.04 Å². The van der Waals surface area contributed by atoms with Crippen molar-refractivity contribution in [3.8, 4) is 0 Å². The first-order valence-corrected chi connectivity index (χ1v) is 8.08. The molecule has 0 bridgehead atoms. The second-order valence-corrected chi connectivity index (χ2v) is 6.97. The Labute approximate surface area is 119 Å². The predicted molar refractivity (Wildman–Crippen MR) is 78.3 cm³/mol. The molecule has 0 saturated heterocycles. The van der Waals surface area contributed by atoms with Crippen LogP contribution in [-0.4, -0.2) is 34.0 Å². The lowest BCUT2D eigenvalue weighted by Gasteiger charge is -2.27. The molecule has 1 aliphatic rings. The second-order valence-electron chi connectivity index (χ2n) is 5.84. The highest BCUT2D eigenvalue weighted by atomic mass is 32.2. The first-order chi connectivity index (χ1) is 8.90. The fraction of sp³-hybridized carbons (Fsp3) is 0.857. The van der Waals surface area contributed by atoms with E-state index in [0.717, 1.165) is 18.8 Å². The van der Waals surface area contributed by atoms with E-state index in [4.69, 9.17) is 5.11 Å².